The van der Waals surface area contributed by atoms with E-state index in [1.54, 1.807) is 6.07 Å². The summed E-state index contributed by atoms with van der Waals surface area (Å²) in [7, 11) is 0. The van der Waals surface area contributed by atoms with E-state index in [-0.39, 0.29) is 5.82 Å². The average molecular weight is 299 g/mol. The fourth-order valence-corrected chi connectivity index (χ4v) is 3.53. The SMILES string of the molecule is Cc1cc(C(Br)C2CCCCCC2)ccc1F. The highest BCUT2D eigenvalue weighted by Crippen LogP contribution is 2.39. The summed E-state index contributed by atoms with van der Waals surface area (Å²) in [5.74, 6) is 0.608. The molecule has 0 heterocycles. The van der Waals surface area contributed by atoms with Gasteiger partial charge in [0.1, 0.15) is 5.82 Å². The van der Waals surface area contributed by atoms with Gasteiger partial charge in [-0.25, -0.2) is 4.39 Å². The fourth-order valence-electron chi connectivity index (χ4n) is 2.72. The summed E-state index contributed by atoms with van der Waals surface area (Å²) in [5, 5.41) is 0. The zero-order chi connectivity index (χ0) is 12.3. The third kappa shape index (κ3) is 3.31. The van der Waals surface area contributed by atoms with Gasteiger partial charge in [-0.3, -0.25) is 0 Å². The molecule has 1 unspecified atom stereocenters. The number of aryl methyl sites for hydroxylation is 1. The van der Waals surface area contributed by atoms with Crippen LogP contribution in [0.5, 0.6) is 0 Å². The molecule has 0 bridgehead atoms. The van der Waals surface area contributed by atoms with Crippen molar-refractivity contribution in [2.45, 2.75) is 50.3 Å². The van der Waals surface area contributed by atoms with E-state index in [0.717, 1.165) is 5.56 Å². The quantitative estimate of drug-likeness (QED) is 0.497. The Labute approximate surface area is 112 Å². The van der Waals surface area contributed by atoms with E-state index in [9.17, 15) is 4.39 Å². The van der Waals surface area contributed by atoms with Gasteiger partial charge in [-0.1, -0.05) is 53.7 Å². The molecule has 2 heteroatoms. The lowest BCUT2D eigenvalue weighted by molar-refractivity contribution is 0.454. The number of benzene rings is 1. The van der Waals surface area contributed by atoms with E-state index in [1.165, 1.54) is 44.1 Å². The first-order valence-corrected chi connectivity index (χ1v) is 7.50. The molecule has 1 aliphatic rings. The van der Waals surface area contributed by atoms with Crippen molar-refractivity contribution in [1.29, 1.82) is 0 Å². The average Bonchev–Trinajstić information content (AvgIpc) is 2.60. The second kappa shape index (κ2) is 5.99. The topological polar surface area (TPSA) is 0 Å². The van der Waals surface area contributed by atoms with Gasteiger partial charge < -0.3 is 0 Å². The molecule has 1 aliphatic carbocycles. The first-order chi connectivity index (χ1) is 8.18. The van der Waals surface area contributed by atoms with Crippen LogP contribution in [0.25, 0.3) is 0 Å². The normalized spacial score (nSPS) is 19.9. The summed E-state index contributed by atoms with van der Waals surface area (Å²) in [6.07, 6.45) is 8.02. The van der Waals surface area contributed by atoms with Crippen molar-refractivity contribution in [1.82, 2.24) is 0 Å². The fraction of sp³-hybridized carbons (Fsp3) is 0.600. The Kier molecular flexibility index (Phi) is 4.61. The number of halogens is 2. The van der Waals surface area contributed by atoms with E-state index < -0.39 is 0 Å². The van der Waals surface area contributed by atoms with Gasteiger partial charge in [0.25, 0.3) is 0 Å². The molecule has 0 aromatic heterocycles. The molecule has 0 amide bonds. The zero-order valence-electron chi connectivity index (χ0n) is 10.4. The second-order valence-electron chi connectivity index (χ2n) is 5.16. The standard InChI is InChI=1S/C15H20BrF/c1-11-10-13(8-9-14(11)17)15(16)12-6-4-2-3-5-7-12/h8-10,12,15H,2-7H2,1H3. The van der Waals surface area contributed by atoms with E-state index in [0.29, 0.717) is 10.7 Å². The lowest BCUT2D eigenvalue weighted by atomic mass is 9.92. The summed E-state index contributed by atoms with van der Waals surface area (Å²) in [4.78, 5) is 0.389. The van der Waals surface area contributed by atoms with Crippen molar-refractivity contribution in [3.8, 4) is 0 Å². The molecule has 0 spiro atoms. The molecule has 0 N–H and O–H groups in total. The third-order valence-corrected chi connectivity index (χ3v) is 5.09. The maximum atomic E-state index is 13.3. The molecule has 0 radical (unpaired) electrons. The monoisotopic (exact) mass is 298 g/mol. The highest BCUT2D eigenvalue weighted by molar-refractivity contribution is 9.09. The van der Waals surface area contributed by atoms with Crippen molar-refractivity contribution in [2.75, 3.05) is 0 Å². The summed E-state index contributed by atoms with van der Waals surface area (Å²) >= 11 is 3.82. The molecule has 2 rings (SSSR count). The van der Waals surface area contributed by atoms with E-state index >= 15 is 0 Å². The van der Waals surface area contributed by atoms with Crippen LogP contribution in [0.15, 0.2) is 18.2 Å². The van der Waals surface area contributed by atoms with Gasteiger partial charge in [-0.2, -0.15) is 0 Å². The number of hydrogen-bond acceptors (Lipinski definition) is 0. The van der Waals surface area contributed by atoms with Crippen molar-refractivity contribution in [3.63, 3.8) is 0 Å². The molecule has 0 nitrogen and oxygen atoms in total. The summed E-state index contributed by atoms with van der Waals surface area (Å²) in [6, 6.07) is 5.50. The van der Waals surface area contributed by atoms with Crippen molar-refractivity contribution in [2.24, 2.45) is 5.92 Å². The van der Waals surface area contributed by atoms with Crippen LogP contribution < -0.4 is 0 Å². The molecule has 0 aliphatic heterocycles. The molecule has 1 aromatic carbocycles. The van der Waals surface area contributed by atoms with Crippen LogP contribution >= 0.6 is 15.9 Å². The maximum absolute atomic E-state index is 13.3. The molecule has 17 heavy (non-hydrogen) atoms. The molecule has 1 saturated carbocycles. The van der Waals surface area contributed by atoms with E-state index in [1.807, 2.05) is 19.1 Å². The number of alkyl halides is 1. The molecule has 94 valence electrons. The predicted molar refractivity (Wildman–Crippen MR) is 74.0 cm³/mol. The van der Waals surface area contributed by atoms with Gasteiger partial charge >= 0.3 is 0 Å². The maximum Gasteiger partial charge on any atom is 0.126 e. The Morgan fingerprint density at radius 3 is 2.41 bits per heavy atom. The van der Waals surface area contributed by atoms with Crippen LogP contribution in [0.4, 0.5) is 4.39 Å². The second-order valence-corrected chi connectivity index (χ2v) is 6.15. The Balaban J connectivity index is 2.11. The van der Waals surface area contributed by atoms with Crippen molar-refractivity contribution in [3.05, 3.63) is 35.1 Å². The Bertz CT molecular complexity index is 367. The predicted octanol–water partition coefficient (Wildman–Crippen LogP) is 5.54. The summed E-state index contributed by atoms with van der Waals surface area (Å²) in [5.41, 5.74) is 1.98. The Morgan fingerprint density at radius 2 is 1.82 bits per heavy atom. The summed E-state index contributed by atoms with van der Waals surface area (Å²) < 4.78 is 13.3. The minimum atomic E-state index is -0.102. The van der Waals surface area contributed by atoms with Gasteiger partial charge in [-0.15, -0.1) is 0 Å². The number of rotatable bonds is 2. The lowest BCUT2D eigenvalue weighted by Crippen LogP contribution is -2.07. The highest BCUT2D eigenvalue weighted by Gasteiger charge is 2.22. The van der Waals surface area contributed by atoms with Crippen LogP contribution in [-0.4, -0.2) is 0 Å². The molecule has 1 aromatic rings. The zero-order valence-corrected chi connectivity index (χ0v) is 12.0. The molecule has 1 atom stereocenters. The van der Waals surface area contributed by atoms with Gasteiger partial charge in [0.15, 0.2) is 0 Å². The van der Waals surface area contributed by atoms with Crippen LogP contribution in [0.2, 0.25) is 0 Å². The van der Waals surface area contributed by atoms with Gasteiger partial charge in [0, 0.05) is 4.83 Å². The van der Waals surface area contributed by atoms with Crippen LogP contribution in [-0.2, 0) is 0 Å². The van der Waals surface area contributed by atoms with Crippen molar-refractivity contribution < 1.29 is 4.39 Å². The Morgan fingerprint density at radius 1 is 1.18 bits per heavy atom. The molecule has 0 saturated heterocycles. The smallest absolute Gasteiger partial charge is 0.126 e. The van der Waals surface area contributed by atoms with Gasteiger partial charge in [-0.05, 0) is 42.9 Å². The van der Waals surface area contributed by atoms with Crippen LogP contribution in [0, 0.1) is 18.7 Å². The lowest BCUT2D eigenvalue weighted by Gasteiger charge is -2.21. The largest absolute Gasteiger partial charge is 0.207 e. The molecule has 1 fully saturated rings. The highest BCUT2D eigenvalue weighted by atomic mass is 79.9. The van der Waals surface area contributed by atoms with Gasteiger partial charge in [0.05, 0.1) is 0 Å². The minimum Gasteiger partial charge on any atom is -0.207 e. The van der Waals surface area contributed by atoms with Crippen LogP contribution in [0.3, 0.4) is 0 Å². The molecular formula is C15H20BrF. The van der Waals surface area contributed by atoms with E-state index in [2.05, 4.69) is 15.9 Å². The van der Waals surface area contributed by atoms with Crippen molar-refractivity contribution >= 4 is 15.9 Å². The first-order valence-electron chi connectivity index (χ1n) is 6.58. The minimum absolute atomic E-state index is 0.102. The number of hydrogen-bond donors (Lipinski definition) is 0. The molecular weight excluding hydrogens is 279 g/mol. The van der Waals surface area contributed by atoms with Crippen LogP contribution in [0.1, 0.15) is 54.5 Å². The van der Waals surface area contributed by atoms with Gasteiger partial charge in [0.2, 0.25) is 0 Å². The third-order valence-electron chi connectivity index (χ3n) is 3.81. The Hall–Kier alpha value is -0.370. The first kappa shape index (κ1) is 13.1. The summed E-state index contributed by atoms with van der Waals surface area (Å²) in [6.45, 7) is 1.84. The van der Waals surface area contributed by atoms with E-state index in [4.69, 9.17) is 0 Å².